The molecule has 0 bridgehead atoms. The van der Waals surface area contributed by atoms with Crippen LogP contribution in [-0.2, 0) is 15.9 Å². The van der Waals surface area contributed by atoms with Gasteiger partial charge >= 0.3 is 6.09 Å². The molecule has 1 aromatic rings. The molecule has 2 rings (SSSR count). The lowest BCUT2D eigenvalue weighted by Gasteiger charge is -2.44. The van der Waals surface area contributed by atoms with Gasteiger partial charge in [0.2, 0.25) is 0 Å². The molecule has 1 fully saturated rings. The quantitative estimate of drug-likeness (QED) is 0.865. The molecule has 8 heteroatoms. The largest absolute Gasteiger partial charge is 0.465 e. The van der Waals surface area contributed by atoms with E-state index in [1.807, 2.05) is 6.07 Å². The number of ether oxygens (including phenoxy) is 2. The van der Waals surface area contributed by atoms with Crippen LogP contribution in [0.2, 0.25) is 5.02 Å². The first-order chi connectivity index (χ1) is 11.2. The minimum Gasteiger partial charge on any atom is -0.465 e. The summed E-state index contributed by atoms with van der Waals surface area (Å²) in [4.78, 5) is 11.1. The van der Waals surface area contributed by atoms with Crippen molar-refractivity contribution in [2.45, 2.75) is 37.8 Å². The molecule has 0 radical (unpaired) electrons. The molecule has 0 spiro atoms. The van der Waals surface area contributed by atoms with E-state index in [2.05, 4.69) is 5.32 Å². The number of amides is 1. The van der Waals surface area contributed by atoms with Gasteiger partial charge in [-0.3, -0.25) is 0 Å². The number of rotatable bonds is 4. The van der Waals surface area contributed by atoms with Gasteiger partial charge in [0.05, 0.1) is 23.8 Å². The second-order valence-electron chi connectivity index (χ2n) is 6.16. The Morgan fingerprint density at radius 2 is 2.12 bits per heavy atom. The minimum absolute atomic E-state index is 0.0984. The third-order valence-electron chi connectivity index (χ3n) is 3.88. The predicted octanol–water partition coefficient (Wildman–Crippen LogP) is 2.88. The third kappa shape index (κ3) is 4.15. The van der Waals surface area contributed by atoms with Crippen molar-refractivity contribution in [2.24, 2.45) is 0 Å². The molecule has 1 aromatic carbocycles. The van der Waals surface area contributed by atoms with E-state index in [1.54, 1.807) is 19.9 Å². The number of alkyl halides is 1. The van der Waals surface area contributed by atoms with Crippen LogP contribution in [0.3, 0.4) is 0 Å². The second-order valence-corrected chi connectivity index (χ2v) is 6.57. The molecule has 1 heterocycles. The summed E-state index contributed by atoms with van der Waals surface area (Å²) in [5.74, 6) is -0.902. The molecular formula is C16H18ClFN2O4. The molecule has 1 saturated heterocycles. The summed E-state index contributed by atoms with van der Waals surface area (Å²) in [6.07, 6.45) is -3.06. The fraction of sp³-hybridized carbons (Fsp3) is 0.500. The first kappa shape index (κ1) is 18.5. The van der Waals surface area contributed by atoms with E-state index in [-0.39, 0.29) is 24.7 Å². The molecule has 0 aromatic heterocycles. The van der Waals surface area contributed by atoms with Crippen LogP contribution in [0.4, 0.5) is 9.18 Å². The first-order valence-electron chi connectivity index (χ1n) is 7.29. The van der Waals surface area contributed by atoms with Crippen LogP contribution in [-0.4, -0.2) is 41.9 Å². The van der Waals surface area contributed by atoms with Gasteiger partial charge in [0.25, 0.3) is 0 Å². The van der Waals surface area contributed by atoms with E-state index < -0.39 is 23.6 Å². The third-order valence-corrected chi connectivity index (χ3v) is 4.19. The van der Waals surface area contributed by atoms with Crippen LogP contribution < -0.4 is 5.32 Å². The van der Waals surface area contributed by atoms with Crippen LogP contribution in [0.1, 0.15) is 25.0 Å². The molecule has 0 aliphatic carbocycles. The van der Waals surface area contributed by atoms with Crippen molar-refractivity contribution < 1.29 is 23.8 Å². The van der Waals surface area contributed by atoms with Crippen molar-refractivity contribution in [3.63, 3.8) is 0 Å². The van der Waals surface area contributed by atoms with E-state index in [0.717, 1.165) is 0 Å². The highest BCUT2D eigenvalue weighted by atomic mass is 35.5. The van der Waals surface area contributed by atoms with Crippen molar-refractivity contribution in [3.8, 4) is 6.07 Å². The van der Waals surface area contributed by atoms with E-state index >= 15 is 0 Å². The second kappa shape index (κ2) is 6.93. The van der Waals surface area contributed by atoms with Gasteiger partial charge in [-0.05, 0) is 31.5 Å². The number of nitrogens with zero attached hydrogens (tertiary/aromatic N) is 1. The predicted molar refractivity (Wildman–Crippen MR) is 84.6 cm³/mol. The lowest BCUT2D eigenvalue weighted by Crippen LogP contribution is -2.66. The Kier molecular flexibility index (Phi) is 5.33. The van der Waals surface area contributed by atoms with E-state index in [9.17, 15) is 9.18 Å². The zero-order valence-electron chi connectivity index (χ0n) is 13.3. The van der Waals surface area contributed by atoms with E-state index in [1.165, 1.54) is 12.1 Å². The summed E-state index contributed by atoms with van der Waals surface area (Å²) < 4.78 is 25.9. The van der Waals surface area contributed by atoms with Gasteiger partial charge < -0.3 is 19.9 Å². The standard InChI is InChI=1S/C16H18ClFN2O4/c1-15(2)23-8-16(9-24-15,20-14(21)22)13(18)6-10-3-4-11(7-19)12(17)5-10/h3-5,13,20H,6,8-9H2,1-2H3,(H,21,22). The molecule has 130 valence electrons. The van der Waals surface area contributed by atoms with Crippen molar-refractivity contribution in [1.29, 1.82) is 5.26 Å². The highest BCUT2D eigenvalue weighted by Gasteiger charge is 2.47. The van der Waals surface area contributed by atoms with Crippen LogP contribution in [0.15, 0.2) is 18.2 Å². The number of carboxylic acid groups (broad SMARTS) is 1. The average Bonchev–Trinajstić information content (AvgIpc) is 2.49. The van der Waals surface area contributed by atoms with Crippen LogP contribution in [0.5, 0.6) is 0 Å². The van der Waals surface area contributed by atoms with Gasteiger partial charge in [-0.2, -0.15) is 5.26 Å². The zero-order chi connectivity index (χ0) is 18.0. The molecule has 6 nitrogen and oxygen atoms in total. The van der Waals surface area contributed by atoms with Crippen molar-refractivity contribution >= 4 is 17.7 Å². The van der Waals surface area contributed by atoms with Crippen LogP contribution in [0, 0.1) is 11.3 Å². The first-order valence-corrected chi connectivity index (χ1v) is 7.67. The van der Waals surface area contributed by atoms with Gasteiger partial charge in [0.1, 0.15) is 17.8 Å². The van der Waals surface area contributed by atoms with E-state index in [0.29, 0.717) is 11.1 Å². The number of benzene rings is 1. The van der Waals surface area contributed by atoms with Crippen LogP contribution >= 0.6 is 11.6 Å². The highest BCUT2D eigenvalue weighted by molar-refractivity contribution is 6.31. The normalized spacial score (nSPS) is 20.0. The Labute approximate surface area is 144 Å². The Morgan fingerprint density at radius 1 is 1.50 bits per heavy atom. The van der Waals surface area contributed by atoms with Crippen molar-refractivity contribution in [2.75, 3.05) is 13.2 Å². The Hall–Kier alpha value is -1.88. The number of nitriles is 1. The molecule has 1 aliphatic heterocycles. The Balaban J connectivity index is 2.19. The minimum atomic E-state index is -1.60. The Bertz CT molecular complexity index is 665. The maximum Gasteiger partial charge on any atom is 0.405 e. The monoisotopic (exact) mass is 356 g/mol. The molecule has 1 aliphatic rings. The highest BCUT2D eigenvalue weighted by Crippen LogP contribution is 2.30. The van der Waals surface area contributed by atoms with Gasteiger partial charge in [0, 0.05) is 6.42 Å². The molecule has 2 N–H and O–H groups in total. The van der Waals surface area contributed by atoms with E-state index in [4.69, 9.17) is 31.4 Å². The topological polar surface area (TPSA) is 91.6 Å². The average molecular weight is 357 g/mol. The zero-order valence-corrected chi connectivity index (χ0v) is 14.1. The van der Waals surface area contributed by atoms with Gasteiger partial charge in [-0.1, -0.05) is 17.7 Å². The summed E-state index contributed by atoms with van der Waals surface area (Å²) in [6, 6.07) is 6.50. The molecular weight excluding hydrogens is 339 g/mol. The number of carbonyl (C=O) groups is 1. The fourth-order valence-electron chi connectivity index (χ4n) is 2.41. The van der Waals surface area contributed by atoms with Gasteiger partial charge in [-0.25, -0.2) is 9.18 Å². The lowest BCUT2D eigenvalue weighted by atomic mass is 9.89. The van der Waals surface area contributed by atoms with Crippen molar-refractivity contribution in [1.82, 2.24) is 5.32 Å². The number of hydrogen-bond donors (Lipinski definition) is 2. The smallest absolute Gasteiger partial charge is 0.405 e. The summed E-state index contributed by atoms with van der Waals surface area (Å²) in [5, 5.41) is 20.3. The Morgan fingerprint density at radius 3 is 2.62 bits per heavy atom. The molecule has 24 heavy (non-hydrogen) atoms. The van der Waals surface area contributed by atoms with Crippen molar-refractivity contribution in [3.05, 3.63) is 34.3 Å². The molecule has 1 amide bonds. The maximum absolute atomic E-state index is 15.0. The van der Waals surface area contributed by atoms with Gasteiger partial charge in [0.15, 0.2) is 5.79 Å². The number of nitrogens with one attached hydrogen (secondary N) is 1. The van der Waals surface area contributed by atoms with Crippen LogP contribution in [0.25, 0.3) is 0 Å². The maximum atomic E-state index is 15.0. The molecule has 1 unspecified atom stereocenters. The number of halogens is 2. The molecule has 0 saturated carbocycles. The summed E-state index contributed by atoms with van der Waals surface area (Å²) >= 11 is 5.95. The SMILES string of the molecule is CC1(C)OCC(NC(=O)O)(C(F)Cc2ccc(C#N)c(Cl)c2)CO1. The van der Waals surface area contributed by atoms with Gasteiger partial charge in [-0.15, -0.1) is 0 Å². The lowest BCUT2D eigenvalue weighted by molar-refractivity contribution is -0.277. The summed E-state index contributed by atoms with van der Waals surface area (Å²) in [6.45, 7) is 3.03. The molecule has 1 atom stereocenters. The summed E-state index contributed by atoms with van der Waals surface area (Å²) in [7, 11) is 0. The fourth-order valence-corrected chi connectivity index (χ4v) is 2.66. The number of hydrogen-bond acceptors (Lipinski definition) is 4. The summed E-state index contributed by atoms with van der Waals surface area (Å²) in [5.41, 5.74) is -0.676.